The maximum Gasteiger partial charge on any atom is 0.306 e. The van der Waals surface area contributed by atoms with Crippen LogP contribution < -0.4 is 5.32 Å². The Labute approximate surface area is 162 Å². The van der Waals surface area contributed by atoms with Crippen LogP contribution in [0.3, 0.4) is 0 Å². The molecule has 0 aliphatic heterocycles. The predicted octanol–water partition coefficient (Wildman–Crippen LogP) is 3.03. The lowest BCUT2D eigenvalue weighted by molar-refractivity contribution is -0.148. The first-order chi connectivity index (χ1) is 13.6. The van der Waals surface area contributed by atoms with Gasteiger partial charge < -0.3 is 15.0 Å². The van der Waals surface area contributed by atoms with Gasteiger partial charge in [0.15, 0.2) is 12.4 Å². The van der Waals surface area contributed by atoms with Crippen molar-refractivity contribution >= 4 is 28.6 Å². The van der Waals surface area contributed by atoms with Gasteiger partial charge in [-0.05, 0) is 18.1 Å². The van der Waals surface area contributed by atoms with Crippen molar-refractivity contribution in [2.75, 3.05) is 13.2 Å². The third-order valence-corrected chi connectivity index (χ3v) is 4.41. The zero-order chi connectivity index (χ0) is 19.8. The molecule has 3 aromatic rings. The molecular formula is C22H22N2O4. The van der Waals surface area contributed by atoms with Gasteiger partial charge in [0.1, 0.15) is 0 Å². The van der Waals surface area contributed by atoms with E-state index in [1.807, 2.05) is 36.5 Å². The summed E-state index contributed by atoms with van der Waals surface area (Å²) in [5.74, 6) is -1.04. The third-order valence-electron chi connectivity index (χ3n) is 4.41. The molecule has 0 aliphatic carbocycles. The Kier molecular flexibility index (Phi) is 6.57. The van der Waals surface area contributed by atoms with Crippen LogP contribution in [0.4, 0.5) is 0 Å². The maximum atomic E-state index is 11.9. The molecule has 0 saturated heterocycles. The van der Waals surface area contributed by atoms with E-state index in [-0.39, 0.29) is 31.1 Å². The topological polar surface area (TPSA) is 88.3 Å². The summed E-state index contributed by atoms with van der Waals surface area (Å²) in [5.41, 5.74) is 2.74. The minimum Gasteiger partial charge on any atom is -0.456 e. The summed E-state index contributed by atoms with van der Waals surface area (Å²) in [6.07, 6.45) is 2.62. The summed E-state index contributed by atoms with van der Waals surface area (Å²) < 4.78 is 4.94. The number of para-hydroxylation sites is 1. The van der Waals surface area contributed by atoms with Gasteiger partial charge in [-0.3, -0.25) is 14.4 Å². The van der Waals surface area contributed by atoms with Gasteiger partial charge in [0, 0.05) is 35.6 Å². The molecule has 1 heterocycles. The van der Waals surface area contributed by atoms with Gasteiger partial charge in [-0.25, -0.2) is 0 Å². The molecule has 144 valence electrons. The number of nitrogens with one attached hydrogen (secondary N) is 2. The standard InChI is InChI=1S/C22H22N2O4/c25-20(16-6-2-1-3-7-16)10-11-22(27)28-15-21(26)23-13-12-17-14-24-19-9-5-4-8-18(17)19/h1-9,14,24H,10-13,15H2,(H,23,26). The van der Waals surface area contributed by atoms with E-state index in [1.54, 1.807) is 24.3 Å². The molecule has 2 N–H and O–H groups in total. The largest absolute Gasteiger partial charge is 0.456 e. The zero-order valence-corrected chi connectivity index (χ0v) is 15.4. The van der Waals surface area contributed by atoms with Gasteiger partial charge in [0.25, 0.3) is 5.91 Å². The minimum atomic E-state index is -0.559. The van der Waals surface area contributed by atoms with Crippen molar-refractivity contribution < 1.29 is 19.1 Å². The van der Waals surface area contributed by atoms with Gasteiger partial charge in [0.2, 0.25) is 0 Å². The van der Waals surface area contributed by atoms with E-state index in [1.165, 1.54) is 0 Å². The van der Waals surface area contributed by atoms with Crippen LogP contribution in [-0.4, -0.2) is 35.8 Å². The Hall–Kier alpha value is -3.41. The van der Waals surface area contributed by atoms with Gasteiger partial charge >= 0.3 is 5.97 Å². The van der Waals surface area contributed by atoms with E-state index < -0.39 is 5.97 Å². The number of ether oxygens (including phenoxy) is 1. The zero-order valence-electron chi connectivity index (χ0n) is 15.4. The Balaban J connectivity index is 1.34. The Morgan fingerprint density at radius 3 is 2.50 bits per heavy atom. The average molecular weight is 378 g/mol. The summed E-state index contributed by atoms with van der Waals surface area (Å²) in [6, 6.07) is 16.7. The SMILES string of the molecule is O=C(COC(=O)CCC(=O)c1ccccc1)NCCc1c[nH]c2ccccc12. The number of aromatic amines is 1. The van der Waals surface area contributed by atoms with E-state index in [4.69, 9.17) is 4.74 Å². The molecule has 2 aromatic carbocycles. The molecule has 0 radical (unpaired) electrons. The molecule has 0 unspecified atom stereocenters. The smallest absolute Gasteiger partial charge is 0.306 e. The molecule has 6 heteroatoms. The number of hydrogen-bond acceptors (Lipinski definition) is 4. The summed E-state index contributed by atoms with van der Waals surface area (Å²) >= 11 is 0. The molecule has 3 rings (SSSR count). The van der Waals surface area contributed by atoms with Crippen LogP contribution in [-0.2, 0) is 20.7 Å². The molecular weight excluding hydrogens is 356 g/mol. The van der Waals surface area contributed by atoms with Gasteiger partial charge in [0.05, 0.1) is 6.42 Å². The molecule has 0 saturated carbocycles. The number of benzene rings is 2. The number of aromatic nitrogens is 1. The molecule has 0 bridgehead atoms. The van der Waals surface area contributed by atoms with Crippen LogP contribution in [0.5, 0.6) is 0 Å². The first kappa shape index (κ1) is 19.4. The van der Waals surface area contributed by atoms with Crippen molar-refractivity contribution in [3.8, 4) is 0 Å². The third kappa shape index (κ3) is 5.30. The minimum absolute atomic E-state index is 0.0453. The molecule has 6 nitrogen and oxygen atoms in total. The molecule has 0 spiro atoms. The maximum absolute atomic E-state index is 11.9. The summed E-state index contributed by atoms with van der Waals surface area (Å²) in [5, 5.41) is 3.87. The quantitative estimate of drug-likeness (QED) is 0.442. The summed E-state index contributed by atoms with van der Waals surface area (Å²) in [7, 11) is 0. The molecule has 28 heavy (non-hydrogen) atoms. The Morgan fingerprint density at radius 1 is 0.929 bits per heavy atom. The van der Waals surface area contributed by atoms with E-state index in [9.17, 15) is 14.4 Å². The number of ketones is 1. The van der Waals surface area contributed by atoms with Crippen LogP contribution in [0.1, 0.15) is 28.8 Å². The number of fused-ring (bicyclic) bond motifs is 1. The molecule has 1 amide bonds. The van der Waals surface area contributed by atoms with Crippen LogP contribution in [0.2, 0.25) is 0 Å². The number of carbonyl (C=O) groups is 3. The molecule has 0 aliphatic rings. The highest BCUT2D eigenvalue weighted by atomic mass is 16.5. The fourth-order valence-corrected chi connectivity index (χ4v) is 2.93. The van der Waals surface area contributed by atoms with Crippen LogP contribution in [0, 0.1) is 0 Å². The van der Waals surface area contributed by atoms with Crippen molar-refractivity contribution in [2.24, 2.45) is 0 Å². The van der Waals surface area contributed by atoms with Crippen molar-refractivity contribution in [1.82, 2.24) is 10.3 Å². The summed E-state index contributed by atoms with van der Waals surface area (Å²) in [4.78, 5) is 38.7. The summed E-state index contributed by atoms with van der Waals surface area (Å²) in [6.45, 7) is 0.108. The lowest BCUT2D eigenvalue weighted by Gasteiger charge is -2.06. The number of esters is 1. The Bertz CT molecular complexity index is 963. The van der Waals surface area contributed by atoms with Crippen LogP contribution in [0.25, 0.3) is 10.9 Å². The highest BCUT2D eigenvalue weighted by molar-refractivity contribution is 5.97. The van der Waals surface area contributed by atoms with E-state index in [2.05, 4.69) is 10.3 Å². The monoisotopic (exact) mass is 378 g/mol. The first-order valence-corrected chi connectivity index (χ1v) is 9.19. The average Bonchev–Trinajstić information content (AvgIpc) is 3.14. The van der Waals surface area contributed by atoms with Crippen molar-refractivity contribution in [3.63, 3.8) is 0 Å². The van der Waals surface area contributed by atoms with Gasteiger partial charge in [-0.1, -0.05) is 48.5 Å². The van der Waals surface area contributed by atoms with Gasteiger partial charge in [-0.2, -0.15) is 0 Å². The fourth-order valence-electron chi connectivity index (χ4n) is 2.93. The number of H-pyrrole nitrogens is 1. The van der Waals surface area contributed by atoms with E-state index >= 15 is 0 Å². The van der Waals surface area contributed by atoms with Crippen LogP contribution >= 0.6 is 0 Å². The van der Waals surface area contributed by atoms with Crippen molar-refractivity contribution in [1.29, 1.82) is 0 Å². The number of carbonyl (C=O) groups excluding carboxylic acids is 3. The number of amides is 1. The van der Waals surface area contributed by atoms with Crippen LogP contribution in [0.15, 0.2) is 60.8 Å². The molecule has 0 fully saturated rings. The molecule has 0 atom stereocenters. The normalized spacial score (nSPS) is 10.6. The van der Waals surface area contributed by atoms with E-state index in [0.717, 1.165) is 16.5 Å². The highest BCUT2D eigenvalue weighted by Gasteiger charge is 2.12. The first-order valence-electron chi connectivity index (χ1n) is 9.19. The van der Waals surface area contributed by atoms with Gasteiger partial charge in [-0.15, -0.1) is 0 Å². The molecule has 1 aromatic heterocycles. The van der Waals surface area contributed by atoms with Crippen molar-refractivity contribution in [3.05, 3.63) is 71.9 Å². The Morgan fingerprint density at radius 2 is 1.68 bits per heavy atom. The lowest BCUT2D eigenvalue weighted by atomic mass is 10.1. The second kappa shape index (κ2) is 9.50. The lowest BCUT2D eigenvalue weighted by Crippen LogP contribution is -2.30. The fraction of sp³-hybridized carbons (Fsp3) is 0.227. The number of rotatable bonds is 9. The second-order valence-electron chi connectivity index (χ2n) is 6.41. The number of Topliss-reactive ketones (excluding diaryl/α,β-unsaturated/α-hetero) is 1. The predicted molar refractivity (Wildman–Crippen MR) is 106 cm³/mol. The van der Waals surface area contributed by atoms with Crippen molar-refractivity contribution in [2.45, 2.75) is 19.3 Å². The number of hydrogen-bond donors (Lipinski definition) is 2. The second-order valence-corrected chi connectivity index (χ2v) is 6.41. The highest BCUT2D eigenvalue weighted by Crippen LogP contribution is 2.17. The van der Waals surface area contributed by atoms with E-state index in [0.29, 0.717) is 18.5 Å².